The molecular weight excluding hydrogens is 256 g/mol. The van der Waals surface area contributed by atoms with Crippen LogP contribution in [0.3, 0.4) is 0 Å². The van der Waals surface area contributed by atoms with Gasteiger partial charge in [0.25, 0.3) is 0 Å². The standard InChI is InChI=1S/C11H13ClN4S/c12-9-2-3-11(14-8-9)17-7-1-5-16-6-4-10(13)15-16/h2-4,6,8H,1,5,7H2,(H2,13,15). The van der Waals surface area contributed by atoms with E-state index in [1.54, 1.807) is 24.0 Å². The third-order valence-corrected chi connectivity index (χ3v) is 3.40. The monoisotopic (exact) mass is 268 g/mol. The molecule has 2 aromatic rings. The van der Waals surface area contributed by atoms with E-state index in [9.17, 15) is 0 Å². The number of anilines is 1. The Morgan fingerprint density at radius 1 is 1.35 bits per heavy atom. The van der Waals surface area contributed by atoms with Crippen LogP contribution in [0.4, 0.5) is 5.82 Å². The summed E-state index contributed by atoms with van der Waals surface area (Å²) < 4.78 is 1.85. The summed E-state index contributed by atoms with van der Waals surface area (Å²) in [6.07, 6.45) is 4.58. The molecule has 2 aromatic heterocycles. The zero-order valence-electron chi connectivity index (χ0n) is 9.21. The molecule has 0 unspecified atom stereocenters. The smallest absolute Gasteiger partial charge is 0.145 e. The van der Waals surface area contributed by atoms with Crippen molar-refractivity contribution < 1.29 is 0 Å². The third-order valence-electron chi connectivity index (χ3n) is 2.14. The van der Waals surface area contributed by atoms with E-state index >= 15 is 0 Å². The predicted octanol–water partition coefficient (Wildman–Crippen LogP) is 2.70. The number of halogens is 1. The van der Waals surface area contributed by atoms with Crippen LogP contribution < -0.4 is 5.73 Å². The van der Waals surface area contributed by atoms with Crippen molar-refractivity contribution in [3.63, 3.8) is 0 Å². The molecule has 0 fully saturated rings. The molecular formula is C11H13ClN4S. The topological polar surface area (TPSA) is 56.7 Å². The quantitative estimate of drug-likeness (QED) is 0.669. The lowest BCUT2D eigenvalue weighted by Crippen LogP contribution is -2.00. The van der Waals surface area contributed by atoms with E-state index in [0.717, 1.165) is 23.7 Å². The Hall–Kier alpha value is -1.20. The summed E-state index contributed by atoms with van der Waals surface area (Å²) in [5, 5.41) is 5.78. The Morgan fingerprint density at radius 3 is 2.88 bits per heavy atom. The number of nitrogen functional groups attached to an aromatic ring is 1. The Kier molecular flexibility index (Phi) is 4.28. The number of pyridine rings is 1. The third kappa shape index (κ3) is 3.94. The highest BCUT2D eigenvalue weighted by molar-refractivity contribution is 7.99. The van der Waals surface area contributed by atoms with Gasteiger partial charge in [-0.1, -0.05) is 11.6 Å². The predicted molar refractivity (Wildman–Crippen MR) is 71.2 cm³/mol. The average molecular weight is 269 g/mol. The zero-order valence-corrected chi connectivity index (χ0v) is 10.8. The van der Waals surface area contributed by atoms with E-state index in [0.29, 0.717) is 10.8 Å². The van der Waals surface area contributed by atoms with Gasteiger partial charge in [-0.25, -0.2) is 4.98 Å². The number of nitrogens with zero attached hydrogens (tertiary/aromatic N) is 3. The lowest BCUT2D eigenvalue weighted by Gasteiger charge is -2.02. The molecule has 2 heterocycles. The van der Waals surface area contributed by atoms with Crippen molar-refractivity contribution >= 4 is 29.2 Å². The van der Waals surface area contributed by atoms with E-state index in [1.165, 1.54) is 0 Å². The van der Waals surface area contributed by atoms with Gasteiger partial charge in [-0.3, -0.25) is 4.68 Å². The van der Waals surface area contributed by atoms with Crippen molar-refractivity contribution in [2.24, 2.45) is 0 Å². The highest BCUT2D eigenvalue weighted by Gasteiger charge is 1.97. The molecule has 0 atom stereocenters. The molecule has 90 valence electrons. The first kappa shape index (κ1) is 12.3. The van der Waals surface area contributed by atoms with Crippen molar-refractivity contribution in [1.29, 1.82) is 0 Å². The fraction of sp³-hybridized carbons (Fsp3) is 0.273. The van der Waals surface area contributed by atoms with Crippen LogP contribution in [0.15, 0.2) is 35.6 Å². The molecule has 0 aliphatic carbocycles. The summed E-state index contributed by atoms with van der Waals surface area (Å²) in [5.41, 5.74) is 5.53. The Bertz CT molecular complexity index is 469. The molecule has 0 aromatic carbocycles. The maximum atomic E-state index is 5.76. The molecule has 0 saturated heterocycles. The van der Waals surface area contributed by atoms with Crippen LogP contribution in [0.1, 0.15) is 6.42 Å². The van der Waals surface area contributed by atoms with Gasteiger partial charge in [0.15, 0.2) is 0 Å². The second-order valence-electron chi connectivity index (χ2n) is 3.52. The summed E-state index contributed by atoms with van der Waals surface area (Å²) >= 11 is 7.47. The molecule has 0 bridgehead atoms. The van der Waals surface area contributed by atoms with Gasteiger partial charge >= 0.3 is 0 Å². The number of aromatic nitrogens is 3. The molecule has 2 N–H and O–H groups in total. The molecule has 0 amide bonds. The molecule has 4 nitrogen and oxygen atoms in total. The number of thioether (sulfide) groups is 1. The second kappa shape index (κ2) is 5.93. The summed E-state index contributed by atoms with van der Waals surface area (Å²) in [6, 6.07) is 5.58. The van der Waals surface area contributed by atoms with E-state index in [4.69, 9.17) is 17.3 Å². The summed E-state index contributed by atoms with van der Waals surface area (Å²) in [7, 11) is 0. The minimum atomic E-state index is 0.567. The van der Waals surface area contributed by atoms with Crippen LogP contribution in [-0.2, 0) is 6.54 Å². The summed E-state index contributed by atoms with van der Waals surface area (Å²) in [5.74, 6) is 1.56. The average Bonchev–Trinajstić information content (AvgIpc) is 2.73. The number of hydrogen-bond donors (Lipinski definition) is 1. The van der Waals surface area contributed by atoms with Gasteiger partial charge in [-0.05, 0) is 24.6 Å². The fourth-order valence-corrected chi connectivity index (χ4v) is 2.24. The highest BCUT2D eigenvalue weighted by atomic mass is 35.5. The molecule has 0 radical (unpaired) electrons. The second-order valence-corrected chi connectivity index (χ2v) is 5.07. The maximum absolute atomic E-state index is 5.76. The molecule has 0 saturated carbocycles. The lowest BCUT2D eigenvalue weighted by molar-refractivity contribution is 0.608. The first-order valence-electron chi connectivity index (χ1n) is 5.27. The van der Waals surface area contributed by atoms with Gasteiger partial charge in [0, 0.05) is 24.7 Å². The number of hydrogen-bond acceptors (Lipinski definition) is 4. The van der Waals surface area contributed by atoms with Gasteiger partial charge in [-0.2, -0.15) is 5.10 Å². The van der Waals surface area contributed by atoms with E-state index < -0.39 is 0 Å². The van der Waals surface area contributed by atoms with Crippen molar-refractivity contribution in [3.05, 3.63) is 35.6 Å². The number of aryl methyl sites for hydroxylation is 1. The zero-order chi connectivity index (χ0) is 12.1. The first-order chi connectivity index (χ1) is 8.24. The Balaban J connectivity index is 1.71. The maximum Gasteiger partial charge on any atom is 0.145 e. The molecule has 2 rings (SSSR count). The van der Waals surface area contributed by atoms with Crippen LogP contribution in [0, 0.1) is 0 Å². The molecule has 0 aliphatic heterocycles. The van der Waals surface area contributed by atoms with Crippen LogP contribution >= 0.6 is 23.4 Å². The van der Waals surface area contributed by atoms with Crippen LogP contribution in [-0.4, -0.2) is 20.5 Å². The SMILES string of the molecule is Nc1ccn(CCCSc2ccc(Cl)cn2)n1. The van der Waals surface area contributed by atoms with E-state index in [1.807, 2.05) is 23.0 Å². The van der Waals surface area contributed by atoms with E-state index in [-0.39, 0.29) is 0 Å². The van der Waals surface area contributed by atoms with Crippen LogP contribution in [0.25, 0.3) is 0 Å². The molecule has 6 heteroatoms. The van der Waals surface area contributed by atoms with Gasteiger partial charge in [-0.15, -0.1) is 11.8 Å². The van der Waals surface area contributed by atoms with Crippen molar-refractivity contribution in [2.45, 2.75) is 18.0 Å². The van der Waals surface area contributed by atoms with E-state index in [2.05, 4.69) is 10.1 Å². The Labute approximate surface area is 109 Å². The van der Waals surface area contributed by atoms with Crippen molar-refractivity contribution in [1.82, 2.24) is 14.8 Å². The fourth-order valence-electron chi connectivity index (χ4n) is 1.35. The minimum absolute atomic E-state index is 0.567. The van der Waals surface area contributed by atoms with Crippen LogP contribution in [0.2, 0.25) is 5.02 Å². The largest absolute Gasteiger partial charge is 0.382 e. The van der Waals surface area contributed by atoms with Gasteiger partial charge < -0.3 is 5.73 Å². The highest BCUT2D eigenvalue weighted by Crippen LogP contribution is 2.18. The summed E-state index contributed by atoms with van der Waals surface area (Å²) in [6.45, 7) is 0.873. The van der Waals surface area contributed by atoms with Gasteiger partial charge in [0.1, 0.15) is 5.82 Å². The number of nitrogens with two attached hydrogens (primary N) is 1. The van der Waals surface area contributed by atoms with Crippen molar-refractivity contribution in [3.8, 4) is 0 Å². The number of rotatable bonds is 5. The van der Waals surface area contributed by atoms with Gasteiger partial charge in [0.2, 0.25) is 0 Å². The van der Waals surface area contributed by atoms with Crippen LogP contribution in [0.5, 0.6) is 0 Å². The lowest BCUT2D eigenvalue weighted by atomic mass is 10.5. The Morgan fingerprint density at radius 2 is 2.24 bits per heavy atom. The molecule has 17 heavy (non-hydrogen) atoms. The first-order valence-corrected chi connectivity index (χ1v) is 6.64. The summed E-state index contributed by atoms with van der Waals surface area (Å²) in [4.78, 5) is 4.22. The molecule has 0 aliphatic rings. The molecule has 0 spiro atoms. The normalized spacial score (nSPS) is 10.6. The minimum Gasteiger partial charge on any atom is -0.382 e. The van der Waals surface area contributed by atoms with Crippen molar-refractivity contribution in [2.75, 3.05) is 11.5 Å². The van der Waals surface area contributed by atoms with Gasteiger partial charge in [0.05, 0.1) is 10.0 Å².